The largest absolute Gasteiger partial charge is 0.467 e. The molecule has 1 atom stereocenters. The van der Waals surface area contributed by atoms with Crippen LogP contribution in [0.15, 0.2) is 6.20 Å². The Morgan fingerprint density at radius 2 is 2.12 bits per heavy atom. The Balaban J connectivity index is 2.69. The molecular weight excluding hydrogens is 238 g/mol. The molecule has 0 saturated carbocycles. The third-order valence-electron chi connectivity index (χ3n) is 2.96. The van der Waals surface area contributed by atoms with Crippen molar-refractivity contribution in [3.8, 4) is 6.01 Å². The molecular formula is C12H20ClN3O. The van der Waals surface area contributed by atoms with Gasteiger partial charge in [-0.2, -0.15) is 4.98 Å². The number of halogens is 1. The lowest BCUT2D eigenvalue weighted by atomic mass is 9.82. The third kappa shape index (κ3) is 4.04. The molecule has 0 aliphatic carbocycles. The average molecular weight is 258 g/mol. The Morgan fingerprint density at radius 3 is 2.65 bits per heavy atom. The first-order valence-electron chi connectivity index (χ1n) is 5.65. The van der Waals surface area contributed by atoms with Gasteiger partial charge in [-0.3, -0.25) is 0 Å². The van der Waals surface area contributed by atoms with Crippen molar-refractivity contribution in [2.75, 3.05) is 19.0 Å². The van der Waals surface area contributed by atoms with Gasteiger partial charge in [0, 0.05) is 6.54 Å². The molecule has 17 heavy (non-hydrogen) atoms. The maximum absolute atomic E-state index is 6.01. The lowest BCUT2D eigenvalue weighted by Crippen LogP contribution is -2.25. The van der Waals surface area contributed by atoms with Gasteiger partial charge in [0.2, 0.25) is 0 Å². The van der Waals surface area contributed by atoms with E-state index in [0.29, 0.717) is 22.8 Å². The topological polar surface area (TPSA) is 47.0 Å². The zero-order chi connectivity index (χ0) is 13.1. The molecule has 0 amide bonds. The molecule has 0 radical (unpaired) electrons. The quantitative estimate of drug-likeness (QED) is 0.900. The molecule has 0 fully saturated rings. The van der Waals surface area contributed by atoms with Gasteiger partial charge >= 0.3 is 6.01 Å². The van der Waals surface area contributed by atoms with Crippen LogP contribution in [-0.4, -0.2) is 23.6 Å². The van der Waals surface area contributed by atoms with E-state index in [1.807, 2.05) is 0 Å². The lowest BCUT2D eigenvalue weighted by molar-refractivity contribution is 0.274. The van der Waals surface area contributed by atoms with Gasteiger partial charge in [0.25, 0.3) is 0 Å². The summed E-state index contributed by atoms with van der Waals surface area (Å²) in [6.07, 6.45) is 1.54. The van der Waals surface area contributed by atoms with Gasteiger partial charge in [-0.1, -0.05) is 39.3 Å². The van der Waals surface area contributed by atoms with Crippen LogP contribution >= 0.6 is 11.6 Å². The highest BCUT2D eigenvalue weighted by molar-refractivity contribution is 6.32. The summed E-state index contributed by atoms with van der Waals surface area (Å²) in [7, 11) is 1.53. The number of rotatable bonds is 4. The first-order chi connectivity index (χ1) is 7.84. The van der Waals surface area contributed by atoms with Gasteiger partial charge in [0.1, 0.15) is 5.02 Å². The van der Waals surface area contributed by atoms with Crippen molar-refractivity contribution in [2.45, 2.75) is 27.7 Å². The zero-order valence-corrected chi connectivity index (χ0v) is 11.8. The molecule has 0 aromatic carbocycles. The highest BCUT2D eigenvalue weighted by Gasteiger charge is 2.20. The number of methoxy groups -OCH3 is 1. The lowest BCUT2D eigenvalue weighted by Gasteiger charge is -2.27. The van der Waals surface area contributed by atoms with E-state index < -0.39 is 0 Å². The maximum Gasteiger partial charge on any atom is 0.318 e. The minimum absolute atomic E-state index is 0.247. The molecule has 5 heteroatoms. The van der Waals surface area contributed by atoms with Crippen LogP contribution in [-0.2, 0) is 0 Å². The number of aromatic nitrogens is 2. The van der Waals surface area contributed by atoms with Gasteiger partial charge in [-0.15, -0.1) is 0 Å². The number of hydrogen-bond acceptors (Lipinski definition) is 4. The van der Waals surface area contributed by atoms with Gasteiger partial charge < -0.3 is 10.1 Å². The Morgan fingerprint density at radius 1 is 1.47 bits per heavy atom. The second-order valence-corrected chi connectivity index (χ2v) is 5.61. The number of ether oxygens (including phenoxy) is 1. The smallest absolute Gasteiger partial charge is 0.318 e. The van der Waals surface area contributed by atoms with Crippen LogP contribution in [0, 0.1) is 11.3 Å². The summed E-state index contributed by atoms with van der Waals surface area (Å²) in [5, 5.41) is 3.74. The van der Waals surface area contributed by atoms with E-state index in [2.05, 4.69) is 43.0 Å². The molecule has 1 N–H and O–H groups in total. The van der Waals surface area contributed by atoms with Crippen LogP contribution in [0.3, 0.4) is 0 Å². The van der Waals surface area contributed by atoms with Gasteiger partial charge in [0.15, 0.2) is 5.82 Å². The van der Waals surface area contributed by atoms with E-state index in [4.69, 9.17) is 16.3 Å². The van der Waals surface area contributed by atoms with E-state index in [9.17, 15) is 0 Å². The molecule has 0 saturated heterocycles. The van der Waals surface area contributed by atoms with Gasteiger partial charge in [0.05, 0.1) is 13.3 Å². The predicted octanol–water partition coefficient (Wildman–Crippen LogP) is 3.23. The summed E-state index contributed by atoms with van der Waals surface area (Å²) < 4.78 is 4.96. The first-order valence-corrected chi connectivity index (χ1v) is 6.02. The summed E-state index contributed by atoms with van der Waals surface area (Å²) in [5.74, 6) is 1.12. The molecule has 0 aliphatic rings. The number of nitrogens with zero attached hydrogens (tertiary/aromatic N) is 2. The molecule has 1 unspecified atom stereocenters. The Hall–Kier alpha value is -1.03. The monoisotopic (exact) mass is 257 g/mol. The van der Waals surface area contributed by atoms with E-state index in [0.717, 1.165) is 6.54 Å². The summed E-state index contributed by atoms with van der Waals surface area (Å²) in [6.45, 7) is 9.63. The molecule has 96 valence electrons. The molecule has 1 heterocycles. The third-order valence-corrected chi connectivity index (χ3v) is 3.24. The fraction of sp³-hybridized carbons (Fsp3) is 0.667. The Labute approximate surface area is 108 Å². The fourth-order valence-electron chi connectivity index (χ4n) is 1.13. The highest BCUT2D eigenvalue weighted by Crippen LogP contribution is 2.26. The normalized spacial score (nSPS) is 13.3. The maximum atomic E-state index is 6.01. The minimum Gasteiger partial charge on any atom is -0.467 e. The Bertz CT molecular complexity index is 377. The van der Waals surface area contributed by atoms with E-state index in [1.54, 1.807) is 0 Å². The van der Waals surface area contributed by atoms with Crippen LogP contribution in [0.5, 0.6) is 6.01 Å². The zero-order valence-electron chi connectivity index (χ0n) is 11.0. The first kappa shape index (κ1) is 14.0. The second kappa shape index (κ2) is 5.54. The second-order valence-electron chi connectivity index (χ2n) is 5.20. The number of nitrogens with one attached hydrogen (secondary N) is 1. The van der Waals surface area contributed by atoms with Gasteiger partial charge in [-0.05, 0) is 11.3 Å². The van der Waals surface area contributed by atoms with Crippen molar-refractivity contribution in [3.05, 3.63) is 11.2 Å². The summed E-state index contributed by atoms with van der Waals surface area (Å²) >= 11 is 6.01. The van der Waals surface area contributed by atoms with Crippen LogP contribution in [0.2, 0.25) is 5.02 Å². The van der Waals surface area contributed by atoms with Crippen molar-refractivity contribution in [2.24, 2.45) is 11.3 Å². The van der Waals surface area contributed by atoms with Crippen LogP contribution in [0.25, 0.3) is 0 Å². The molecule has 0 spiro atoms. The van der Waals surface area contributed by atoms with Crippen molar-refractivity contribution in [1.82, 2.24) is 9.97 Å². The van der Waals surface area contributed by atoms with E-state index in [-0.39, 0.29) is 5.41 Å². The van der Waals surface area contributed by atoms with Crippen molar-refractivity contribution in [1.29, 1.82) is 0 Å². The molecule has 0 bridgehead atoms. The van der Waals surface area contributed by atoms with Crippen LogP contribution in [0.1, 0.15) is 27.7 Å². The SMILES string of the molecule is COc1ncc(Cl)c(NCC(C)C(C)(C)C)n1. The van der Waals surface area contributed by atoms with E-state index >= 15 is 0 Å². The Kier molecular flexibility index (Phi) is 4.57. The molecule has 1 aromatic rings. The van der Waals surface area contributed by atoms with Crippen LogP contribution in [0.4, 0.5) is 5.82 Å². The molecule has 4 nitrogen and oxygen atoms in total. The average Bonchev–Trinajstić information content (AvgIpc) is 2.26. The molecule has 1 aromatic heterocycles. The number of anilines is 1. The fourth-order valence-corrected chi connectivity index (χ4v) is 1.29. The van der Waals surface area contributed by atoms with Crippen molar-refractivity contribution >= 4 is 17.4 Å². The predicted molar refractivity (Wildman–Crippen MR) is 70.7 cm³/mol. The van der Waals surface area contributed by atoms with Gasteiger partial charge in [-0.25, -0.2) is 4.98 Å². The van der Waals surface area contributed by atoms with E-state index in [1.165, 1.54) is 13.3 Å². The highest BCUT2D eigenvalue weighted by atomic mass is 35.5. The van der Waals surface area contributed by atoms with Crippen molar-refractivity contribution in [3.63, 3.8) is 0 Å². The molecule has 1 rings (SSSR count). The summed E-state index contributed by atoms with van der Waals surface area (Å²) in [6, 6.07) is 0.320. The van der Waals surface area contributed by atoms with Crippen molar-refractivity contribution < 1.29 is 4.74 Å². The summed E-state index contributed by atoms with van der Waals surface area (Å²) in [5.41, 5.74) is 0.247. The van der Waals surface area contributed by atoms with Crippen LogP contribution < -0.4 is 10.1 Å². The standard InChI is InChI=1S/C12H20ClN3O/c1-8(12(2,3)4)6-14-10-9(13)7-15-11(16-10)17-5/h7-8H,6H2,1-5H3,(H,14,15,16). The summed E-state index contributed by atoms with van der Waals surface area (Å²) in [4.78, 5) is 8.10. The minimum atomic E-state index is 0.247. The number of hydrogen-bond donors (Lipinski definition) is 1. The molecule has 0 aliphatic heterocycles.